The molecule has 0 atom stereocenters. The van der Waals surface area contributed by atoms with E-state index in [1.807, 2.05) is 6.07 Å². The van der Waals surface area contributed by atoms with E-state index in [1.165, 1.54) is 4.90 Å². The molecule has 1 heterocycles. The van der Waals surface area contributed by atoms with E-state index in [9.17, 15) is 4.79 Å². The molecule has 1 aromatic rings. The van der Waals surface area contributed by atoms with Crippen LogP contribution in [-0.4, -0.2) is 34.1 Å². The van der Waals surface area contributed by atoms with Gasteiger partial charge in [0.05, 0.1) is 0 Å². The summed E-state index contributed by atoms with van der Waals surface area (Å²) in [4.78, 5) is 20.2. The number of nitriles is 1. The number of hydrogen-bond acceptors (Lipinski definition) is 5. The second kappa shape index (κ2) is 5.07. The van der Waals surface area contributed by atoms with Gasteiger partial charge in [0.15, 0.2) is 0 Å². The number of aliphatic carboxylic acids is 1. The summed E-state index contributed by atoms with van der Waals surface area (Å²) in [5, 5.41) is 17.5. The SMILES string of the molecule is CCN(CC(=O)O)c1nc(C)cc(C#N)n1. The summed E-state index contributed by atoms with van der Waals surface area (Å²) in [6, 6.07) is 3.47. The Morgan fingerprint density at radius 2 is 2.31 bits per heavy atom. The van der Waals surface area contributed by atoms with Gasteiger partial charge in [0.2, 0.25) is 5.95 Å². The van der Waals surface area contributed by atoms with E-state index in [4.69, 9.17) is 10.4 Å². The van der Waals surface area contributed by atoms with E-state index in [-0.39, 0.29) is 18.2 Å². The van der Waals surface area contributed by atoms with Crippen LogP contribution in [0.1, 0.15) is 18.3 Å². The minimum absolute atomic E-state index is 0.176. The maximum Gasteiger partial charge on any atom is 0.323 e. The van der Waals surface area contributed by atoms with Crippen molar-refractivity contribution in [3.05, 3.63) is 17.5 Å². The van der Waals surface area contributed by atoms with Crippen LogP contribution in [0.3, 0.4) is 0 Å². The molecule has 0 bridgehead atoms. The lowest BCUT2D eigenvalue weighted by atomic mass is 10.3. The summed E-state index contributed by atoms with van der Waals surface area (Å²) in [5.41, 5.74) is 0.886. The van der Waals surface area contributed by atoms with Crippen molar-refractivity contribution in [1.82, 2.24) is 9.97 Å². The van der Waals surface area contributed by atoms with E-state index in [0.29, 0.717) is 12.2 Å². The number of nitrogens with zero attached hydrogens (tertiary/aromatic N) is 4. The van der Waals surface area contributed by atoms with Crippen molar-refractivity contribution in [1.29, 1.82) is 5.26 Å². The van der Waals surface area contributed by atoms with Crippen molar-refractivity contribution < 1.29 is 9.90 Å². The number of carboxylic acids is 1. The molecule has 0 aliphatic heterocycles. The minimum Gasteiger partial charge on any atom is -0.480 e. The fourth-order valence-electron chi connectivity index (χ4n) is 1.24. The Morgan fingerprint density at radius 1 is 1.62 bits per heavy atom. The molecule has 1 aromatic heterocycles. The lowest BCUT2D eigenvalue weighted by molar-refractivity contribution is -0.135. The predicted octanol–water partition coefficient (Wildman–Crippen LogP) is 0.568. The van der Waals surface area contributed by atoms with Gasteiger partial charge in [-0.25, -0.2) is 9.97 Å². The highest BCUT2D eigenvalue weighted by molar-refractivity contribution is 5.72. The maximum atomic E-state index is 10.6. The zero-order chi connectivity index (χ0) is 12.1. The van der Waals surface area contributed by atoms with Crippen LogP contribution in [0.2, 0.25) is 0 Å². The summed E-state index contributed by atoms with van der Waals surface area (Å²) < 4.78 is 0. The van der Waals surface area contributed by atoms with Crippen molar-refractivity contribution in [3.8, 4) is 6.07 Å². The zero-order valence-electron chi connectivity index (χ0n) is 9.14. The molecule has 0 saturated heterocycles. The molecule has 1 N–H and O–H groups in total. The van der Waals surface area contributed by atoms with Gasteiger partial charge in [0, 0.05) is 12.2 Å². The van der Waals surface area contributed by atoms with Crippen molar-refractivity contribution in [2.45, 2.75) is 13.8 Å². The Kier molecular flexibility index (Phi) is 3.78. The molecule has 6 heteroatoms. The number of hydrogen-bond donors (Lipinski definition) is 1. The molecule has 16 heavy (non-hydrogen) atoms. The Bertz CT molecular complexity index is 439. The van der Waals surface area contributed by atoms with Crippen LogP contribution < -0.4 is 4.90 Å². The van der Waals surface area contributed by atoms with E-state index in [0.717, 1.165) is 0 Å². The standard InChI is InChI=1S/C10H12N4O2/c1-3-14(6-9(15)16)10-12-7(2)4-8(5-11)13-10/h4H,3,6H2,1-2H3,(H,15,16). The van der Waals surface area contributed by atoms with Gasteiger partial charge >= 0.3 is 5.97 Å². The Labute approximate surface area is 93.2 Å². The third-order valence-electron chi connectivity index (χ3n) is 1.95. The molecule has 0 fully saturated rings. The van der Waals surface area contributed by atoms with Crippen LogP contribution in [0.5, 0.6) is 0 Å². The van der Waals surface area contributed by atoms with Crippen molar-refractivity contribution >= 4 is 11.9 Å². The first-order valence-corrected chi connectivity index (χ1v) is 4.79. The number of anilines is 1. The third-order valence-corrected chi connectivity index (χ3v) is 1.95. The van der Waals surface area contributed by atoms with Crippen molar-refractivity contribution in [2.75, 3.05) is 18.0 Å². The Morgan fingerprint density at radius 3 is 2.81 bits per heavy atom. The van der Waals surface area contributed by atoms with Gasteiger partial charge < -0.3 is 10.0 Å². The maximum absolute atomic E-state index is 10.6. The van der Waals surface area contributed by atoms with Crippen molar-refractivity contribution in [2.24, 2.45) is 0 Å². The number of likely N-dealkylation sites (N-methyl/N-ethyl adjacent to an activating group) is 1. The van der Waals surface area contributed by atoms with Gasteiger partial charge in [-0.1, -0.05) is 0 Å². The molecular weight excluding hydrogens is 208 g/mol. The zero-order valence-corrected chi connectivity index (χ0v) is 9.14. The van der Waals surface area contributed by atoms with Crippen LogP contribution in [0.25, 0.3) is 0 Å². The third kappa shape index (κ3) is 2.92. The smallest absolute Gasteiger partial charge is 0.323 e. The molecule has 0 saturated carbocycles. The number of rotatable bonds is 4. The lowest BCUT2D eigenvalue weighted by Gasteiger charge is -2.18. The molecule has 6 nitrogen and oxygen atoms in total. The number of carboxylic acid groups (broad SMARTS) is 1. The molecule has 1 rings (SSSR count). The van der Waals surface area contributed by atoms with Crippen LogP contribution >= 0.6 is 0 Å². The van der Waals surface area contributed by atoms with E-state index in [2.05, 4.69) is 9.97 Å². The van der Waals surface area contributed by atoms with E-state index >= 15 is 0 Å². The Hall–Kier alpha value is -2.16. The summed E-state index contributed by atoms with van der Waals surface area (Å²) in [7, 11) is 0. The normalized spacial score (nSPS) is 9.56. The Balaban J connectivity index is 3.05. The molecule has 0 aliphatic carbocycles. The topological polar surface area (TPSA) is 90.1 Å². The van der Waals surface area contributed by atoms with Gasteiger partial charge in [-0.2, -0.15) is 5.26 Å². The molecule has 0 spiro atoms. The summed E-state index contributed by atoms with van der Waals surface area (Å²) in [6.07, 6.45) is 0. The van der Waals surface area contributed by atoms with Crippen LogP contribution in [0.15, 0.2) is 6.07 Å². The van der Waals surface area contributed by atoms with Gasteiger partial charge in [-0.15, -0.1) is 0 Å². The largest absolute Gasteiger partial charge is 0.480 e. The van der Waals surface area contributed by atoms with Gasteiger partial charge in [0.1, 0.15) is 18.3 Å². The molecule has 0 amide bonds. The highest BCUT2D eigenvalue weighted by Gasteiger charge is 2.12. The minimum atomic E-state index is -0.953. The number of aryl methyl sites for hydroxylation is 1. The number of aromatic nitrogens is 2. The van der Waals surface area contributed by atoms with Gasteiger partial charge in [-0.05, 0) is 19.9 Å². The second-order valence-electron chi connectivity index (χ2n) is 3.21. The number of carbonyl (C=O) groups is 1. The van der Waals surface area contributed by atoms with Crippen LogP contribution in [0.4, 0.5) is 5.95 Å². The first-order chi connectivity index (χ1) is 7.56. The lowest BCUT2D eigenvalue weighted by Crippen LogP contribution is -2.31. The highest BCUT2D eigenvalue weighted by atomic mass is 16.4. The van der Waals surface area contributed by atoms with E-state index < -0.39 is 5.97 Å². The van der Waals surface area contributed by atoms with Crippen LogP contribution in [-0.2, 0) is 4.79 Å². The second-order valence-corrected chi connectivity index (χ2v) is 3.21. The van der Waals surface area contributed by atoms with Gasteiger partial charge in [0.25, 0.3) is 0 Å². The quantitative estimate of drug-likeness (QED) is 0.797. The average molecular weight is 220 g/mol. The predicted molar refractivity (Wildman–Crippen MR) is 57.0 cm³/mol. The summed E-state index contributed by atoms with van der Waals surface area (Å²) in [6.45, 7) is 3.84. The monoisotopic (exact) mass is 220 g/mol. The highest BCUT2D eigenvalue weighted by Crippen LogP contribution is 2.09. The van der Waals surface area contributed by atoms with Crippen molar-refractivity contribution in [3.63, 3.8) is 0 Å². The van der Waals surface area contributed by atoms with E-state index in [1.54, 1.807) is 19.9 Å². The molecule has 0 aliphatic rings. The molecule has 0 radical (unpaired) electrons. The molecule has 0 unspecified atom stereocenters. The summed E-state index contributed by atoms with van der Waals surface area (Å²) in [5.74, 6) is -0.674. The molecule has 0 aromatic carbocycles. The fourth-order valence-corrected chi connectivity index (χ4v) is 1.24. The fraction of sp³-hybridized carbons (Fsp3) is 0.400. The molecular formula is C10H12N4O2. The first-order valence-electron chi connectivity index (χ1n) is 4.79. The molecule has 84 valence electrons. The first kappa shape index (κ1) is 11.9. The summed E-state index contributed by atoms with van der Waals surface area (Å²) >= 11 is 0. The van der Waals surface area contributed by atoms with Gasteiger partial charge in [-0.3, -0.25) is 4.79 Å². The van der Waals surface area contributed by atoms with Crippen LogP contribution in [0, 0.1) is 18.3 Å². The average Bonchev–Trinajstić information content (AvgIpc) is 2.24.